The van der Waals surface area contributed by atoms with Gasteiger partial charge in [0.05, 0.1) is 39.6 Å². The number of hydrogen-bond acceptors (Lipinski definition) is 6. The molecule has 0 bridgehead atoms. The Bertz CT molecular complexity index is 1310. The summed E-state index contributed by atoms with van der Waals surface area (Å²) in [5.41, 5.74) is 5.87. The number of rotatable bonds is 7. The van der Waals surface area contributed by atoms with Crippen LogP contribution in [0.15, 0.2) is 58.7 Å². The van der Waals surface area contributed by atoms with Crippen molar-refractivity contribution in [2.45, 2.75) is 53.0 Å². The van der Waals surface area contributed by atoms with E-state index >= 15 is 0 Å². The fourth-order valence-electron chi connectivity index (χ4n) is 6.02. The first-order valence-corrected chi connectivity index (χ1v) is 13.0. The van der Waals surface area contributed by atoms with E-state index in [1.54, 1.807) is 21.3 Å². The van der Waals surface area contributed by atoms with Crippen molar-refractivity contribution in [2.75, 3.05) is 27.9 Å². The highest BCUT2D eigenvalue weighted by Crippen LogP contribution is 2.52. The van der Waals surface area contributed by atoms with Crippen LogP contribution in [0.2, 0.25) is 0 Å². The molecule has 7 nitrogen and oxygen atoms in total. The van der Waals surface area contributed by atoms with Gasteiger partial charge >= 0.3 is 5.97 Å². The van der Waals surface area contributed by atoms with E-state index in [1.807, 2.05) is 38.1 Å². The number of amides is 1. The minimum atomic E-state index is -0.495. The first-order valence-electron chi connectivity index (χ1n) is 13.0. The number of aryl methyl sites for hydroxylation is 1. The van der Waals surface area contributed by atoms with Gasteiger partial charge in [0.25, 0.3) is 0 Å². The molecule has 0 radical (unpaired) electrons. The number of hydrogen-bond donors (Lipinski definition) is 1. The van der Waals surface area contributed by atoms with Gasteiger partial charge in [0.1, 0.15) is 0 Å². The number of carbonyl (C=O) groups is 2. The lowest BCUT2D eigenvalue weighted by Crippen LogP contribution is -2.34. The number of carbonyl (C=O) groups excluding carboxylic acids is 2. The Morgan fingerprint density at radius 1 is 1.11 bits per heavy atom. The molecule has 38 heavy (non-hydrogen) atoms. The fourth-order valence-corrected chi connectivity index (χ4v) is 6.02. The van der Waals surface area contributed by atoms with E-state index in [-0.39, 0.29) is 17.9 Å². The maximum atomic E-state index is 13.2. The molecule has 4 rings (SSSR count). The molecule has 0 saturated carbocycles. The van der Waals surface area contributed by atoms with E-state index in [0.717, 1.165) is 33.4 Å². The first-order chi connectivity index (χ1) is 18.2. The summed E-state index contributed by atoms with van der Waals surface area (Å²) in [5.74, 6) is 1.26. The lowest BCUT2D eigenvalue weighted by atomic mass is 9.81. The Morgan fingerprint density at radius 2 is 1.82 bits per heavy atom. The van der Waals surface area contributed by atoms with Crippen molar-refractivity contribution in [1.29, 1.82) is 0 Å². The van der Waals surface area contributed by atoms with E-state index in [1.165, 1.54) is 6.92 Å². The van der Waals surface area contributed by atoms with Gasteiger partial charge in [-0.15, -0.1) is 0 Å². The van der Waals surface area contributed by atoms with Crippen LogP contribution < -0.4 is 19.5 Å². The third kappa shape index (κ3) is 4.66. The second-order valence-corrected chi connectivity index (χ2v) is 9.95. The van der Waals surface area contributed by atoms with Gasteiger partial charge in [0, 0.05) is 17.9 Å². The Balaban J connectivity index is 2.03. The Kier molecular flexibility index (Phi) is 7.86. The highest BCUT2D eigenvalue weighted by molar-refractivity contribution is 5.97. The number of methoxy groups -OCH3 is 3. The van der Waals surface area contributed by atoms with E-state index < -0.39 is 5.41 Å². The maximum Gasteiger partial charge on any atom is 0.335 e. The van der Waals surface area contributed by atoms with Crippen molar-refractivity contribution in [3.05, 3.63) is 69.9 Å². The number of esters is 1. The van der Waals surface area contributed by atoms with Crippen LogP contribution in [0.5, 0.6) is 17.2 Å². The van der Waals surface area contributed by atoms with E-state index in [0.29, 0.717) is 48.7 Å². The average Bonchev–Trinajstić information content (AvgIpc) is 2.96. The normalized spacial score (nSPS) is 22.2. The zero-order valence-electron chi connectivity index (χ0n) is 23.3. The van der Waals surface area contributed by atoms with E-state index in [9.17, 15) is 9.59 Å². The molecule has 1 aromatic carbocycles. The molecule has 7 heteroatoms. The van der Waals surface area contributed by atoms with Gasteiger partial charge in [0.2, 0.25) is 11.7 Å². The van der Waals surface area contributed by atoms with Crippen molar-refractivity contribution >= 4 is 17.4 Å². The first kappa shape index (κ1) is 27.3. The largest absolute Gasteiger partial charge is 0.493 e. The van der Waals surface area contributed by atoms with E-state index in [4.69, 9.17) is 18.9 Å². The van der Waals surface area contributed by atoms with Gasteiger partial charge in [0.15, 0.2) is 11.5 Å². The van der Waals surface area contributed by atoms with Gasteiger partial charge in [-0.3, -0.25) is 4.79 Å². The Morgan fingerprint density at radius 3 is 2.42 bits per heavy atom. The summed E-state index contributed by atoms with van der Waals surface area (Å²) in [7, 11) is 4.81. The summed E-state index contributed by atoms with van der Waals surface area (Å²) in [5, 5.41) is 3.16. The third-order valence-electron chi connectivity index (χ3n) is 7.45. The van der Waals surface area contributed by atoms with Gasteiger partial charge in [-0.05, 0) is 67.0 Å². The molecule has 0 spiro atoms. The monoisotopic (exact) mass is 519 g/mol. The molecule has 0 heterocycles. The molecule has 1 aromatic rings. The lowest BCUT2D eigenvalue weighted by Gasteiger charge is -2.23. The summed E-state index contributed by atoms with van der Waals surface area (Å²) in [4.78, 5) is 25.5. The summed E-state index contributed by atoms with van der Waals surface area (Å²) >= 11 is 0. The molecular weight excluding hydrogens is 482 g/mol. The van der Waals surface area contributed by atoms with E-state index in [2.05, 4.69) is 24.4 Å². The quantitative estimate of drug-likeness (QED) is 0.391. The third-order valence-corrected chi connectivity index (χ3v) is 7.45. The number of allylic oxidation sites excluding steroid dienone is 7. The van der Waals surface area contributed by atoms with Crippen molar-refractivity contribution in [1.82, 2.24) is 5.32 Å². The van der Waals surface area contributed by atoms with Crippen molar-refractivity contribution in [2.24, 2.45) is 5.41 Å². The smallest absolute Gasteiger partial charge is 0.335 e. The van der Waals surface area contributed by atoms with Crippen LogP contribution in [0.3, 0.4) is 0 Å². The van der Waals surface area contributed by atoms with Crippen LogP contribution in [-0.2, 0) is 20.7 Å². The maximum absolute atomic E-state index is 13.2. The topological polar surface area (TPSA) is 83.1 Å². The fraction of sp³-hybridized carbons (Fsp3) is 0.419. The van der Waals surface area contributed by atoms with Gasteiger partial charge in [-0.25, -0.2) is 4.79 Å². The van der Waals surface area contributed by atoms with Gasteiger partial charge in [-0.1, -0.05) is 37.3 Å². The van der Waals surface area contributed by atoms with Crippen molar-refractivity contribution in [3.8, 4) is 17.2 Å². The molecule has 1 N–H and O–H groups in total. The molecular formula is C31H37NO6. The van der Waals surface area contributed by atoms with Crippen molar-refractivity contribution in [3.63, 3.8) is 0 Å². The molecule has 0 aromatic heterocycles. The zero-order valence-corrected chi connectivity index (χ0v) is 23.3. The summed E-state index contributed by atoms with van der Waals surface area (Å²) < 4.78 is 22.8. The van der Waals surface area contributed by atoms with Gasteiger partial charge < -0.3 is 24.3 Å². The average molecular weight is 520 g/mol. The molecule has 0 fully saturated rings. The van der Waals surface area contributed by atoms with Crippen LogP contribution in [0.4, 0.5) is 0 Å². The molecule has 202 valence electrons. The number of fused-ring (bicyclic) bond motifs is 3. The zero-order chi connectivity index (χ0) is 27.6. The second kappa shape index (κ2) is 10.9. The van der Waals surface area contributed by atoms with Crippen LogP contribution in [0.25, 0.3) is 5.57 Å². The predicted octanol–water partition coefficient (Wildman–Crippen LogP) is 5.26. The summed E-state index contributed by atoms with van der Waals surface area (Å²) in [6, 6.07) is 1.75. The number of benzene rings is 1. The number of nitrogens with one attached hydrogen (secondary N) is 1. The number of ether oxygens (including phenoxy) is 4. The highest BCUT2D eigenvalue weighted by atomic mass is 16.5. The van der Waals surface area contributed by atoms with Crippen LogP contribution in [0, 0.1) is 5.41 Å². The highest BCUT2D eigenvalue weighted by Gasteiger charge is 2.42. The van der Waals surface area contributed by atoms with Crippen LogP contribution >= 0.6 is 0 Å². The minimum absolute atomic E-state index is 0.102. The summed E-state index contributed by atoms with van der Waals surface area (Å²) in [6.45, 7) is 7.68. The Labute approximate surface area is 224 Å². The van der Waals surface area contributed by atoms with Crippen LogP contribution in [0.1, 0.15) is 51.7 Å². The lowest BCUT2D eigenvalue weighted by molar-refractivity contribution is -0.139. The van der Waals surface area contributed by atoms with Gasteiger partial charge in [-0.2, -0.15) is 0 Å². The molecule has 2 atom stereocenters. The summed E-state index contributed by atoms with van der Waals surface area (Å²) in [6.07, 6.45) is 12.3. The Hall–Kier alpha value is -3.74. The van der Waals surface area contributed by atoms with Crippen LogP contribution in [-0.4, -0.2) is 45.9 Å². The molecule has 3 aliphatic carbocycles. The molecule has 0 saturated heterocycles. The SMILES string of the molecule is C/C=C/C1(C)CC2=CC3=C(C=CC2=C1C(=O)OCC)c1c(cc(OC)c(OC)c1OC)CCC3NC(C)=O. The van der Waals surface area contributed by atoms with Crippen molar-refractivity contribution < 1.29 is 28.5 Å². The molecule has 1 amide bonds. The molecule has 3 aliphatic rings. The minimum Gasteiger partial charge on any atom is -0.493 e. The predicted molar refractivity (Wildman–Crippen MR) is 147 cm³/mol. The molecule has 0 aliphatic heterocycles. The second-order valence-electron chi connectivity index (χ2n) is 9.95. The standard InChI is InChI=1S/C31H37NO6/c1-8-14-31(4)17-20-15-23-22(12-11-21(20)27(31)30(34)38-9-2)26-19(10-13-24(23)32-18(3)33)16-25(35-5)28(36-6)29(26)37-7/h8,11-12,14-16,24H,9-10,13,17H2,1-7H3,(H,32,33)/b14-8+. The molecule has 2 unspecified atom stereocenters.